The number of hydrogen-bond acceptors (Lipinski definition) is 1. The monoisotopic (exact) mass is 444 g/mol. The average Bonchev–Trinajstić information content (AvgIpc) is 2.82. The molecule has 33 heavy (non-hydrogen) atoms. The first kappa shape index (κ1) is 23.8. The second-order valence-electron chi connectivity index (χ2n) is 10.8. The molecule has 0 heterocycles. The zero-order valence-corrected chi connectivity index (χ0v) is 20.3. The molecule has 2 nitrogen and oxygen atoms in total. The Labute approximate surface area is 200 Å². The summed E-state index contributed by atoms with van der Waals surface area (Å²) >= 11 is 0. The fourth-order valence-electron chi connectivity index (χ4n) is 7.62. The zero-order valence-electron chi connectivity index (χ0n) is 20.3. The minimum absolute atomic E-state index is 0.114. The summed E-state index contributed by atoms with van der Waals surface area (Å²) in [4.78, 5) is 12.3. The lowest BCUT2D eigenvalue weighted by atomic mass is 9.47. The van der Waals surface area contributed by atoms with Gasteiger partial charge in [-0.15, -0.1) is 0 Å². The first-order chi connectivity index (χ1) is 16.0. The van der Waals surface area contributed by atoms with Crippen LogP contribution in [0.1, 0.15) is 82.3 Å². The Morgan fingerprint density at radius 1 is 0.970 bits per heavy atom. The van der Waals surface area contributed by atoms with Gasteiger partial charge in [0.1, 0.15) is 0 Å². The smallest absolute Gasteiger partial charge is 0.303 e. The van der Waals surface area contributed by atoms with Gasteiger partial charge in [0, 0.05) is 0 Å². The molecule has 2 aromatic rings. The summed E-state index contributed by atoms with van der Waals surface area (Å²) in [5.74, 6) is 1.69. The molecule has 5 unspecified atom stereocenters. The molecule has 0 aliphatic heterocycles. The fraction of sp³-hybridized carbons (Fsp3) is 0.516. The molecule has 0 saturated heterocycles. The molecular weight excluding hydrogens is 404 g/mol. The van der Waals surface area contributed by atoms with Gasteiger partial charge in [0.25, 0.3) is 0 Å². The predicted molar refractivity (Wildman–Crippen MR) is 137 cm³/mol. The van der Waals surface area contributed by atoms with Gasteiger partial charge in [-0.05, 0) is 71.8 Å². The van der Waals surface area contributed by atoms with Crippen LogP contribution in [0.4, 0.5) is 0 Å². The normalized spacial score (nSPS) is 31.0. The quantitative estimate of drug-likeness (QED) is 0.467. The number of benzene rings is 2. The maximum Gasteiger partial charge on any atom is 0.303 e. The highest BCUT2D eigenvalue weighted by molar-refractivity contribution is 5.68. The van der Waals surface area contributed by atoms with Crippen molar-refractivity contribution in [3.63, 3.8) is 0 Å². The van der Waals surface area contributed by atoms with Crippen LogP contribution in [0, 0.1) is 29.1 Å². The van der Waals surface area contributed by atoms with Crippen LogP contribution >= 0.6 is 0 Å². The third kappa shape index (κ3) is 5.26. The van der Waals surface area contributed by atoms with Crippen LogP contribution in [0.25, 0.3) is 6.08 Å². The summed E-state index contributed by atoms with van der Waals surface area (Å²) in [6, 6.07) is 21.4. The van der Waals surface area contributed by atoms with E-state index in [0.717, 1.165) is 12.8 Å². The van der Waals surface area contributed by atoms with Gasteiger partial charge >= 0.3 is 5.97 Å². The van der Waals surface area contributed by atoms with Gasteiger partial charge in [0.05, 0.1) is 6.42 Å². The number of allylic oxidation sites excluding steroid dienone is 1. The standard InChI is InChI=1S/C31H40O2/c1-23-21-31(22-29(32)33,27-18-10-5-11-19-27)28(20-12-15-25-13-6-3-7-14-25)24(2)30(23)26-16-8-4-9-17-26/h3-4,6-9,12-17,23-24,27-28,30H,5,10-11,18-22H2,1-2H3,(H,32,33). The van der Waals surface area contributed by atoms with Gasteiger partial charge in [0.2, 0.25) is 0 Å². The number of rotatable bonds is 7. The summed E-state index contributed by atoms with van der Waals surface area (Å²) in [6.45, 7) is 4.79. The lowest BCUT2D eigenvalue weighted by molar-refractivity contribution is -0.147. The van der Waals surface area contributed by atoms with Crippen molar-refractivity contribution < 1.29 is 9.90 Å². The van der Waals surface area contributed by atoms with Crippen molar-refractivity contribution in [3.8, 4) is 0 Å². The molecule has 0 bridgehead atoms. The maximum absolute atomic E-state index is 12.3. The highest BCUT2D eigenvalue weighted by Crippen LogP contribution is 2.61. The lowest BCUT2D eigenvalue weighted by Gasteiger charge is -2.57. The molecule has 2 aliphatic rings. The van der Waals surface area contributed by atoms with Gasteiger partial charge in [-0.25, -0.2) is 0 Å². The van der Waals surface area contributed by atoms with E-state index in [4.69, 9.17) is 0 Å². The molecule has 5 atom stereocenters. The molecule has 2 aromatic carbocycles. The van der Waals surface area contributed by atoms with E-state index < -0.39 is 5.97 Å². The Bertz CT molecular complexity index is 912. The highest BCUT2D eigenvalue weighted by Gasteiger charge is 2.54. The Kier molecular flexibility index (Phi) is 7.73. The summed E-state index contributed by atoms with van der Waals surface area (Å²) < 4.78 is 0. The summed E-state index contributed by atoms with van der Waals surface area (Å²) in [7, 11) is 0. The molecular formula is C31H40O2. The molecule has 2 aliphatic carbocycles. The Morgan fingerprint density at radius 3 is 2.24 bits per heavy atom. The maximum atomic E-state index is 12.3. The number of carbonyl (C=O) groups is 1. The van der Waals surface area contributed by atoms with Gasteiger partial charge in [-0.3, -0.25) is 4.79 Å². The number of carboxylic acids is 1. The SMILES string of the molecule is CC1CC(CC(=O)O)(C2CCCCC2)C(CC=Cc2ccccc2)C(C)C1c1ccccc1. The van der Waals surface area contributed by atoms with Crippen molar-refractivity contribution in [2.75, 3.05) is 0 Å². The Morgan fingerprint density at radius 2 is 1.61 bits per heavy atom. The largest absolute Gasteiger partial charge is 0.481 e. The van der Waals surface area contributed by atoms with Gasteiger partial charge in [0.15, 0.2) is 0 Å². The van der Waals surface area contributed by atoms with E-state index >= 15 is 0 Å². The van der Waals surface area contributed by atoms with E-state index in [9.17, 15) is 9.90 Å². The molecule has 4 rings (SSSR count). The third-order valence-corrected chi connectivity index (χ3v) is 8.84. The van der Waals surface area contributed by atoms with Crippen LogP contribution < -0.4 is 0 Å². The number of aliphatic carboxylic acids is 1. The number of hydrogen-bond donors (Lipinski definition) is 1. The minimum Gasteiger partial charge on any atom is -0.481 e. The summed E-state index contributed by atoms with van der Waals surface area (Å²) in [5, 5.41) is 10.1. The van der Waals surface area contributed by atoms with Crippen molar-refractivity contribution in [2.24, 2.45) is 29.1 Å². The van der Waals surface area contributed by atoms with Crippen molar-refractivity contribution >= 4 is 12.0 Å². The molecule has 176 valence electrons. The van der Waals surface area contributed by atoms with E-state index in [-0.39, 0.29) is 5.41 Å². The number of carboxylic acid groups (broad SMARTS) is 1. The Hall–Kier alpha value is -2.35. The average molecular weight is 445 g/mol. The van der Waals surface area contributed by atoms with Crippen molar-refractivity contribution in [1.29, 1.82) is 0 Å². The third-order valence-electron chi connectivity index (χ3n) is 8.84. The molecule has 2 heteroatoms. The summed E-state index contributed by atoms with van der Waals surface area (Å²) in [5.41, 5.74) is 2.52. The lowest BCUT2D eigenvalue weighted by Crippen LogP contribution is -2.50. The first-order valence-electron chi connectivity index (χ1n) is 13.0. The molecule has 2 saturated carbocycles. The molecule has 0 aromatic heterocycles. The molecule has 0 radical (unpaired) electrons. The van der Waals surface area contributed by atoms with E-state index in [1.165, 1.54) is 43.2 Å². The van der Waals surface area contributed by atoms with Gasteiger partial charge in [-0.2, -0.15) is 0 Å². The van der Waals surface area contributed by atoms with E-state index in [1.54, 1.807) is 0 Å². The van der Waals surface area contributed by atoms with Crippen LogP contribution in [-0.4, -0.2) is 11.1 Å². The van der Waals surface area contributed by atoms with E-state index in [0.29, 0.717) is 36.0 Å². The predicted octanol–water partition coefficient (Wildman–Crippen LogP) is 8.21. The molecule has 0 amide bonds. The van der Waals surface area contributed by atoms with Crippen molar-refractivity contribution in [1.82, 2.24) is 0 Å². The van der Waals surface area contributed by atoms with Crippen molar-refractivity contribution in [2.45, 2.75) is 71.1 Å². The highest BCUT2D eigenvalue weighted by atomic mass is 16.4. The van der Waals surface area contributed by atoms with Crippen LogP contribution in [0.15, 0.2) is 66.7 Å². The zero-order chi connectivity index (χ0) is 23.3. The fourth-order valence-corrected chi connectivity index (χ4v) is 7.62. The first-order valence-corrected chi connectivity index (χ1v) is 13.0. The van der Waals surface area contributed by atoms with Crippen molar-refractivity contribution in [3.05, 3.63) is 77.9 Å². The van der Waals surface area contributed by atoms with Crippen LogP contribution in [0.5, 0.6) is 0 Å². The molecule has 0 spiro atoms. The van der Waals surface area contributed by atoms with E-state index in [2.05, 4.69) is 80.6 Å². The van der Waals surface area contributed by atoms with Crippen LogP contribution in [0.3, 0.4) is 0 Å². The molecule has 2 fully saturated rings. The van der Waals surface area contributed by atoms with Gasteiger partial charge < -0.3 is 5.11 Å². The second-order valence-corrected chi connectivity index (χ2v) is 10.8. The minimum atomic E-state index is -0.616. The molecule has 1 N–H and O–H groups in total. The van der Waals surface area contributed by atoms with Crippen LogP contribution in [-0.2, 0) is 4.79 Å². The summed E-state index contributed by atoms with van der Waals surface area (Å²) in [6.07, 6.45) is 13.1. The topological polar surface area (TPSA) is 37.3 Å². The van der Waals surface area contributed by atoms with E-state index in [1.807, 2.05) is 6.07 Å². The Balaban J connectivity index is 1.71. The second kappa shape index (κ2) is 10.7. The van der Waals surface area contributed by atoms with Gasteiger partial charge in [-0.1, -0.05) is 106 Å². The van der Waals surface area contributed by atoms with Crippen LogP contribution in [0.2, 0.25) is 0 Å².